The molecule has 0 spiro atoms. The van der Waals surface area contributed by atoms with Crippen molar-refractivity contribution in [1.29, 1.82) is 0 Å². The number of H-pyrrole nitrogens is 1. The van der Waals surface area contributed by atoms with Crippen LogP contribution in [0.3, 0.4) is 0 Å². The van der Waals surface area contributed by atoms with E-state index in [1.165, 1.54) is 0 Å². The van der Waals surface area contributed by atoms with Gasteiger partial charge in [0.1, 0.15) is 0 Å². The highest BCUT2D eigenvalue weighted by Crippen LogP contribution is 1.98. The maximum Gasteiger partial charge on any atom is 0.315 e. The number of aryl methyl sites for hydroxylation is 1. The molecule has 0 saturated carbocycles. The average Bonchev–Trinajstić information content (AvgIpc) is 2.47. The molecule has 1 heterocycles. The molecule has 0 aliphatic rings. The summed E-state index contributed by atoms with van der Waals surface area (Å²) >= 11 is 0. The Labute approximate surface area is 73.3 Å². The third-order valence-electron chi connectivity index (χ3n) is 1.40. The minimum absolute atomic E-state index is 0.0213. The van der Waals surface area contributed by atoms with Gasteiger partial charge in [0.2, 0.25) is 0 Å². The Hall–Kier alpha value is -1.46. The Kier molecular flexibility index (Phi) is 2.94. The Balaban J connectivity index is 2.39. The molecule has 0 atom stereocenters. The average molecular weight is 189 g/mol. The zero-order chi connectivity index (χ0) is 9.84. The van der Waals surface area contributed by atoms with Gasteiger partial charge in [0.05, 0.1) is 12.2 Å². The zero-order valence-corrected chi connectivity index (χ0v) is 6.97. The summed E-state index contributed by atoms with van der Waals surface area (Å²) in [5.41, 5.74) is 1.35. The lowest BCUT2D eigenvalue weighted by molar-refractivity contribution is -0.131. The molecular weight excluding hydrogens is 180 g/mol. The van der Waals surface area contributed by atoms with Crippen LogP contribution in [0.25, 0.3) is 0 Å². The van der Waals surface area contributed by atoms with Crippen LogP contribution in [0.15, 0.2) is 6.07 Å². The van der Waals surface area contributed by atoms with Crippen molar-refractivity contribution < 1.29 is 13.6 Å². The molecule has 0 unspecified atom stereocenters. The van der Waals surface area contributed by atoms with Crippen LogP contribution >= 0.6 is 0 Å². The van der Waals surface area contributed by atoms with Crippen molar-refractivity contribution in [3.63, 3.8) is 0 Å². The molecule has 0 saturated heterocycles. The van der Waals surface area contributed by atoms with Gasteiger partial charge in [0.15, 0.2) is 0 Å². The third-order valence-corrected chi connectivity index (χ3v) is 1.40. The van der Waals surface area contributed by atoms with Gasteiger partial charge in [0.25, 0.3) is 5.91 Å². The van der Waals surface area contributed by atoms with Crippen LogP contribution in [0.5, 0.6) is 0 Å². The fourth-order valence-electron chi connectivity index (χ4n) is 0.820. The van der Waals surface area contributed by atoms with Gasteiger partial charge in [-0.15, -0.1) is 0 Å². The Morgan fingerprint density at radius 3 is 2.92 bits per heavy atom. The molecule has 0 aliphatic carbocycles. The lowest BCUT2D eigenvalue weighted by Gasteiger charge is -2.00. The number of nitrogens with one attached hydrogen (secondary N) is 2. The number of halogens is 2. The molecule has 2 N–H and O–H groups in total. The second kappa shape index (κ2) is 3.97. The molecule has 0 aliphatic heterocycles. The highest BCUT2D eigenvalue weighted by atomic mass is 19.3. The monoisotopic (exact) mass is 189 g/mol. The van der Waals surface area contributed by atoms with Crippen molar-refractivity contribution in [3.8, 4) is 0 Å². The number of rotatable bonds is 3. The zero-order valence-electron chi connectivity index (χ0n) is 6.97. The first-order chi connectivity index (χ1) is 6.09. The van der Waals surface area contributed by atoms with Crippen LogP contribution in [0.1, 0.15) is 11.4 Å². The van der Waals surface area contributed by atoms with Crippen molar-refractivity contribution in [2.75, 3.05) is 0 Å². The molecule has 13 heavy (non-hydrogen) atoms. The van der Waals surface area contributed by atoms with E-state index >= 15 is 0 Å². The van der Waals surface area contributed by atoms with E-state index in [-0.39, 0.29) is 6.54 Å². The minimum Gasteiger partial charge on any atom is -0.345 e. The molecule has 1 amide bonds. The van der Waals surface area contributed by atoms with Crippen LogP contribution in [0.2, 0.25) is 0 Å². The van der Waals surface area contributed by atoms with E-state index in [4.69, 9.17) is 0 Å². The van der Waals surface area contributed by atoms with Crippen LogP contribution in [0.4, 0.5) is 8.78 Å². The number of alkyl halides is 2. The van der Waals surface area contributed by atoms with Crippen molar-refractivity contribution in [3.05, 3.63) is 17.5 Å². The summed E-state index contributed by atoms with van der Waals surface area (Å²) in [4.78, 5) is 10.4. The van der Waals surface area contributed by atoms with Crippen molar-refractivity contribution in [1.82, 2.24) is 15.5 Å². The first-order valence-electron chi connectivity index (χ1n) is 3.66. The molecule has 6 heteroatoms. The van der Waals surface area contributed by atoms with E-state index in [1.807, 2.05) is 5.32 Å². The van der Waals surface area contributed by atoms with E-state index in [9.17, 15) is 13.6 Å². The summed E-state index contributed by atoms with van der Waals surface area (Å²) < 4.78 is 23.4. The number of carbonyl (C=O) groups is 1. The van der Waals surface area contributed by atoms with Crippen LogP contribution in [-0.4, -0.2) is 22.5 Å². The molecule has 0 fully saturated rings. The number of hydrogen-bond donors (Lipinski definition) is 2. The van der Waals surface area contributed by atoms with Crippen molar-refractivity contribution in [2.45, 2.75) is 19.9 Å². The normalized spacial score (nSPS) is 10.5. The van der Waals surface area contributed by atoms with Crippen LogP contribution < -0.4 is 5.32 Å². The van der Waals surface area contributed by atoms with Crippen molar-refractivity contribution in [2.24, 2.45) is 0 Å². The van der Waals surface area contributed by atoms with E-state index in [1.54, 1.807) is 13.0 Å². The van der Waals surface area contributed by atoms with Crippen LogP contribution in [0, 0.1) is 6.92 Å². The first-order valence-corrected chi connectivity index (χ1v) is 3.66. The predicted molar refractivity (Wildman–Crippen MR) is 41.2 cm³/mol. The molecular formula is C7H9F2N3O. The molecule has 0 aromatic carbocycles. The van der Waals surface area contributed by atoms with Gasteiger partial charge in [-0.2, -0.15) is 13.9 Å². The third kappa shape index (κ3) is 2.81. The highest BCUT2D eigenvalue weighted by molar-refractivity contribution is 5.78. The van der Waals surface area contributed by atoms with E-state index < -0.39 is 12.3 Å². The van der Waals surface area contributed by atoms with Gasteiger partial charge in [-0.25, -0.2) is 0 Å². The molecule has 0 bridgehead atoms. The lowest BCUT2D eigenvalue weighted by Crippen LogP contribution is -2.28. The quantitative estimate of drug-likeness (QED) is 0.731. The highest BCUT2D eigenvalue weighted by Gasteiger charge is 2.14. The lowest BCUT2D eigenvalue weighted by atomic mass is 10.4. The maximum absolute atomic E-state index is 11.7. The summed E-state index contributed by atoms with van der Waals surface area (Å²) in [6.07, 6.45) is -2.97. The number of amides is 1. The van der Waals surface area contributed by atoms with Gasteiger partial charge < -0.3 is 5.32 Å². The summed E-state index contributed by atoms with van der Waals surface area (Å²) in [5, 5.41) is 8.44. The first kappa shape index (κ1) is 9.63. The number of carbonyl (C=O) groups excluding carboxylic acids is 1. The smallest absolute Gasteiger partial charge is 0.315 e. The molecule has 4 nitrogen and oxygen atoms in total. The fourth-order valence-corrected chi connectivity index (χ4v) is 0.820. The Morgan fingerprint density at radius 1 is 1.77 bits per heavy atom. The summed E-state index contributed by atoms with van der Waals surface area (Å²) in [5.74, 6) is -1.28. The van der Waals surface area contributed by atoms with E-state index in [2.05, 4.69) is 10.2 Å². The fraction of sp³-hybridized carbons (Fsp3) is 0.429. The molecule has 0 radical (unpaired) electrons. The summed E-state index contributed by atoms with van der Waals surface area (Å²) in [6.45, 7) is 1.80. The van der Waals surface area contributed by atoms with Gasteiger partial charge in [-0.05, 0) is 13.0 Å². The predicted octanol–water partition coefficient (Wildman–Crippen LogP) is 0.599. The number of hydrogen-bond acceptors (Lipinski definition) is 2. The summed E-state index contributed by atoms with van der Waals surface area (Å²) in [7, 11) is 0. The molecule has 1 rings (SSSR count). The van der Waals surface area contributed by atoms with Gasteiger partial charge in [0, 0.05) is 5.69 Å². The van der Waals surface area contributed by atoms with Gasteiger partial charge in [-0.3, -0.25) is 9.89 Å². The maximum atomic E-state index is 11.7. The second-order valence-corrected chi connectivity index (χ2v) is 2.56. The van der Waals surface area contributed by atoms with Gasteiger partial charge >= 0.3 is 6.43 Å². The SMILES string of the molecule is Cc1cc(CNC(=O)C(F)F)n[nH]1. The van der Waals surface area contributed by atoms with E-state index in [0.717, 1.165) is 5.69 Å². The number of nitrogens with zero attached hydrogens (tertiary/aromatic N) is 1. The minimum atomic E-state index is -2.97. The van der Waals surface area contributed by atoms with Gasteiger partial charge in [-0.1, -0.05) is 0 Å². The molecule has 1 aromatic heterocycles. The molecule has 72 valence electrons. The number of aromatic nitrogens is 2. The van der Waals surface area contributed by atoms with E-state index in [0.29, 0.717) is 5.69 Å². The largest absolute Gasteiger partial charge is 0.345 e. The Morgan fingerprint density at radius 2 is 2.46 bits per heavy atom. The van der Waals surface area contributed by atoms with Crippen LogP contribution in [-0.2, 0) is 11.3 Å². The molecule has 1 aromatic rings. The second-order valence-electron chi connectivity index (χ2n) is 2.56. The topological polar surface area (TPSA) is 57.8 Å². The Bertz CT molecular complexity index is 298. The standard InChI is InChI=1S/C7H9F2N3O/c1-4-2-5(12-11-4)3-10-7(13)6(8)9/h2,6H,3H2,1H3,(H,10,13)(H,11,12). The van der Waals surface area contributed by atoms with Crippen molar-refractivity contribution >= 4 is 5.91 Å². The summed E-state index contributed by atoms with van der Waals surface area (Å²) in [6, 6.07) is 1.67. The number of aromatic amines is 1.